The number of isocyanates is 1. The molecule has 0 bridgehead atoms. The normalized spacial score (nSPS) is 16.5. The number of benzene rings is 1. The van der Waals surface area contributed by atoms with Crippen LogP contribution in [0.5, 0.6) is 0 Å². The van der Waals surface area contributed by atoms with Crippen molar-refractivity contribution in [2.45, 2.75) is 19.4 Å². The Morgan fingerprint density at radius 1 is 1.38 bits per heavy atom. The molecule has 0 unspecified atom stereocenters. The number of nitrogens with zero attached hydrogens (tertiary/aromatic N) is 1. The number of rotatable bonds is 1. The summed E-state index contributed by atoms with van der Waals surface area (Å²) < 4.78 is 0. The van der Waals surface area contributed by atoms with Gasteiger partial charge >= 0.3 is 6.03 Å². The molecule has 1 aromatic rings. The highest BCUT2D eigenvalue weighted by atomic mass is 16.2. The largest absolute Gasteiger partial charge is 0.329 e. The molecule has 0 saturated carbocycles. The van der Waals surface area contributed by atoms with Crippen molar-refractivity contribution in [2.24, 2.45) is 4.99 Å². The van der Waals surface area contributed by atoms with Gasteiger partial charge in [-0.1, -0.05) is 0 Å². The summed E-state index contributed by atoms with van der Waals surface area (Å²) in [4.78, 5) is 25.1. The first-order chi connectivity index (χ1) is 7.53. The molecule has 5 heteroatoms. The van der Waals surface area contributed by atoms with E-state index in [1.807, 2.05) is 13.8 Å². The first kappa shape index (κ1) is 10.4. The van der Waals surface area contributed by atoms with Gasteiger partial charge in [0.05, 0.1) is 11.2 Å². The van der Waals surface area contributed by atoms with Crippen LogP contribution in [-0.4, -0.2) is 12.1 Å². The molecular weight excluding hydrogens is 206 g/mol. The molecule has 0 fully saturated rings. The first-order valence-corrected chi connectivity index (χ1v) is 4.84. The minimum Gasteiger partial charge on any atom is -0.329 e. The highest BCUT2D eigenvalue weighted by molar-refractivity contribution is 5.94. The number of aliphatic imine (C=N–C) groups is 1. The third kappa shape index (κ3) is 1.68. The number of carbonyl (C=O) groups excluding carboxylic acids is 2. The van der Waals surface area contributed by atoms with Gasteiger partial charge in [-0.15, -0.1) is 0 Å². The van der Waals surface area contributed by atoms with Gasteiger partial charge in [0, 0.05) is 11.3 Å². The lowest BCUT2D eigenvalue weighted by Gasteiger charge is -2.33. The predicted octanol–water partition coefficient (Wildman–Crippen LogP) is 2.02. The average molecular weight is 217 g/mol. The second-order valence-corrected chi connectivity index (χ2v) is 4.14. The molecule has 2 amide bonds. The number of fused-ring (bicyclic) bond motifs is 1. The average Bonchev–Trinajstić information content (AvgIpc) is 2.18. The fraction of sp³-hybridized carbons (Fsp3) is 0.273. The molecule has 0 atom stereocenters. The van der Waals surface area contributed by atoms with Crippen molar-refractivity contribution in [1.29, 1.82) is 0 Å². The van der Waals surface area contributed by atoms with Crippen LogP contribution in [0.15, 0.2) is 23.2 Å². The summed E-state index contributed by atoms with van der Waals surface area (Å²) in [6.07, 6.45) is 1.49. The molecule has 2 rings (SSSR count). The molecule has 1 heterocycles. The van der Waals surface area contributed by atoms with Crippen LogP contribution in [0, 0.1) is 0 Å². The molecule has 1 aromatic carbocycles. The van der Waals surface area contributed by atoms with Crippen LogP contribution < -0.4 is 10.6 Å². The van der Waals surface area contributed by atoms with Gasteiger partial charge < -0.3 is 10.6 Å². The zero-order chi connectivity index (χ0) is 11.8. The lowest BCUT2D eigenvalue weighted by Crippen LogP contribution is -2.47. The zero-order valence-electron chi connectivity index (χ0n) is 9.00. The van der Waals surface area contributed by atoms with E-state index in [9.17, 15) is 9.59 Å². The van der Waals surface area contributed by atoms with E-state index in [1.54, 1.807) is 18.2 Å². The zero-order valence-corrected chi connectivity index (χ0v) is 9.00. The van der Waals surface area contributed by atoms with Crippen LogP contribution in [0.4, 0.5) is 16.2 Å². The maximum absolute atomic E-state index is 11.3. The molecule has 82 valence electrons. The smallest absolute Gasteiger partial charge is 0.319 e. The van der Waals surface area contributed by atoms with E-state index in [4.69, 9.17) is 0 Å². The van der Waals surface area contributed by atoms with E-state index < -0.39 is 5.54 Å². The number of anilines is 1. The summed E-state index contributed by atoms with van der Waals surface area (Å²) in [6, 6.07) is 4.91. The van der Waals surface area contributed by atoms with E-state index in [2.05, 4.69) is 15.6 Å². The van der Waals surface area contributed by atoms with Crippen molar-refractivity contribution in [1.82, 2.24) is 5.32 Å². The standard InChI is InChI=1S/C11H11N3O2/c1-11(2)8-5-7(12-6-15)3-4-9(8)13-10(16)14-11/h3-5H,1-2H3,(H2,13,14,16). The van der Waals surface area contributed by atoms with Crippen LogP contribution >= 0.6 is 0 Å². The van der Waals surface area contributed by atoms with Crippen LogP contribution in [0.2, 0.25) is 0 Å². The van der Waals surface area contributed by atoms with Gasteiger partial charge in [-0.3, -0.25) is 0 Å². The summed E-state index contributed by atoms with van der Waals surface area (Å²) in [7, 11) is 0. The van der Waals surface area contributed by atoms with E-state index >= 15 is 0 Å². The molecule has 0 aromatic heterocycles. The van der Waals surface area contributed by atoms with Crippen LogP contribution in [-0.2, 0) is 10.3 Å². The summed E-state index contributed by atoms with van der Waals surface area (Å²) in [5.74, 6) is 0. The Kier molecular flexibility index (Phi) is 2.25. The van der Waals surface area contributed by atoms with Gasteiger partial charge in [-0.2, -0.15) is 4.99 Å². The van der Waals surface area contributed by atoms with Gasteiger partial charge in [0.2, 0.25) is 6.08 Å². The third-order valence-electron chi connectivity index (χ3n) is 2.53. The Hall–Kier alpha value is -2.13. The van der Waals surface area contributed by atoms with Gasteiger partial charge in [0.15, 0.2) is 0 Å². The predicted molar refractivity (Wildman–Crippen MR) is 59.4 cm³/mol. The number of hydrogen-bond donors (Lipinski definition) is 2. The number of nitrogens with one attached hydrogen (secondary N) is 2. The van der Waals surface area contributed by atoms with Crippen LogP contribution in [0.25, 0.3) is 0 Å². The summed E-state index contributed by atoms with van der Waals surface area (Å²) >= 11 is 0. The first-order valence-electron chi connectivity index (χ1n) is 4.84. The van der Waals surface area contributed by atoms with Gasteiger partial charge in [0.1, 0.15) is 0 Å². The Bertz CT molecular complexity index is 502. The van der Waals surface area contributed by atoms with Crippen molar-refractivity contribution >= 4 is 23.5 Å². The highest BCUT2D eigenvalue weighted by Crippen LogP contribution is 2.33. The van der Waals surface area contributed by atoms with Gasteiger partial charge in [-0.05, 0) is 32.0 Å². The monoisotopic (exact) mass is 217 g/mol. The second kappa shape index (κ2) is 3.47. The van der Waals surface area contributed by atoms with E-state index in [0.29, 0.717) is 5.69 Å². The van der Waals surface area contributed by atoms with Crippen molar-refractivity contribution in [3.05, 3.63) is 23.8 Å². The Labute approximate surface area is 92.6 Å². The highest BCUT2D eigenvalue weighted by Gasteiger charge is 2.30. The van der Waals surface area contributed by atoms with Gasteiger partial charge in [0.25, 0.3) is 0 Å². The molecule has 0 saturated heterocycles. The summed E-state index contributed by atoms with van der Waals surface area (Å²) in [6.45, 7) is 3.78. The Balaban J connectivity index is 2.56. The van der Waals surface area contributed by atoms with Crippen molar-refractivity contribution in [3.63, 3.8) is 0 Å². The van der Waals surface area contributed by atoms with Crippen molar-refractivity contribution in [2.75, 3.05) is 5.32 Å². The van der Waals surface area contributed by atoms with Gasteiger partial charge in [-0.25, -0.2) is 9.59 Å². The fourth-order valence-electron chi connectivity index (χ4n) is 1.79. The summed E-state index contributed by atoms with van der Waals surface area (Å²) in [5.41, 5.74) is 1.67. The number of hydrogen-bond acceptors (Lipinski definition) is 3. The molecule has 0 aliphatic carbocycles. The molecule has 16 heavy (non-hydrogen) atoms. The molecule has 2 N–H and O–H groups in total. The molecule has 0 radical (unpaired) electrons. The maximum atomic E-state index is 11.3. The number of carbonyl (C=O) groups is 1. The SMILES string of the molecule is CC1(C)NC(=O)Nc2ccc(N=C=O)cc21. The molecular formula is C11H11N3O2. The maximum Gasteiger partial charge on any atom is 0.319 e. The lowest BCUT2D eigenvalue weighted by atomic mass is 9.90. The van der Waals surface area contributed by atoms with Crippen LogP contribution in [0.3, 0.4) is 0 Å². The topological polar surface area (TPSA) is 70.6 Å². The van der Waals surface area contributed by atoms with E-state index in [1.165, 1.54) is 6.08 Å². The minimum atomic E-state index is -0.480. The molecule has 0 spiro atoms. The Morgan fingerprint density at radius 2 is 2.12 bits per heavy atom. The second-order valence-electron chi connectivity index (χ2n) is 4.14. The summed E-state index contributed by atoms with van der Waals surface area (Å²) in [5, 5.41) is 5.49. The van der Waals surface area contributed by atoms with Crippen LogP contribution in [0.1, 0.15) is 19.4 Å². The van der Waals surface area contributed by atoms with Crippen molar-refractivity contribution in [3.8, 4) is 0 Å². The van der Waals surface area contributed by atoms with E-state index in [0.717, 1.165) is 11.3 Å². The Morgan fingerprint density at radius 3 is 2.81 bits per heavy atom. The van der Waals surface area contributed by atoms with E-state index in [-0.39, 0.29) is 6.03 Å². The number of amides is 2. The lowest BCUT2D eigenvalue weighted by molar-refractivity contribution is 0.239. The molecule has 5 nitrogen and oxygen atoms in total. The van der Waals surface area contributed by atoms with Crippen molar-refractivity contribution < 1.29 is 9.59 Å². The molecule has 1 aliphatic rings. The quantitative estimate of drug-likeness (QED) is 0.558. The fourth-order valence-corrected chi connectivity index (χ4v) is 1.79. The third-order valence-corrected chi connectivity index (χ3v) is 2.53. The minimum absolute atomic E-state index is 0.232. The number of urea groups is 1. The molecule has 1 aliphatic heterocycles.